The summed E-state index contributed by atoms with van der Waals surface area (Å²) in [5, 5.41) is 2.88. The van der Waals surface area contributed by atoms with Gasteiger partial charge in [-0.2, -0.15) is 0 Å². The number of carbonyl (C=O) groups is 2. The monoisotopic (exact) mass is 370 g/mol. The molecule has 27 heavy (non-hydrogen) atoms. The Balaban J connectivity index is 1.90. The molecule has 2 atom stereocenters. The van der Waals surface area contributed by atoms with Crippen LogP contribution in [0.3, 0.4) is 0 Å². The Labute approximate surface area is 158 Å². The van der Waals surface area contributed by atoms with Crippen LogP contribution in [0.1, 0.15) is 38.1 Å². The Hall–Kier alpha value is -2.90. The number of anilines is 1. The van der Waals surface area contributed by atoms with E-state index in [9.17, 15) is 9.59 Å². The fourth-order valence-electron chi connectivity index (χ4n) is 3.40. The van der Waals surface area contributed by atoms with Crippen molar-refractivity contribution < 1.29 is 9.59 Å². The number of hydrogen-bond donors (Lipinski definition) is 2. The Morgan fingerprint density at radius 3 is 2.74 bits per heavy atom. The zero-order valence-corrected chi connectivity index (χ0v) is 16.2. The molecule has 2 amide bonds. The van der Waals surface area contributed by atoms with Crippen molar-refractivity contribution in [1.29, 1.82) is 0 Å². The normalized spacial score (nSPS) is 20.2. The summed E-state index contributed by atoms with van der Waals surface area (Å²) in [5.41, 5.74) is 1.61. The first-order valence-corrected chi connectivity index (χ1v) is 9.16. The summed E-state index contributed by atoms with van der Waals surface area (Å²) >= 11 is 0. The van der Waals surface area contributed by atoms with Crippen LogP contribution >= 0.6 is 0 Å². The number of fused-ring (bicyclic) bond motifs is 1. The van der Waals surface area contributed by atoms with Gasteiger partial charge in [-0.25, -0.2) is 9.97 Å². The molecule has 8 heteroatoms. The van der Waals surface area contributed by atoms with Crippen molar-refractivity contribution in [3.05, 3.63) is 30.6 Å². The molecule has 2 aromatic heterocycles. The SMILES string of the molecule is C=CC(=O)N1C[C@H](C)N(c2cnc3[nH]cc(C(=O)NC(C)C)c3n2)C[C@H]1C. The molecule has 8 nitrogen and oxygen atoms in total. The highest BCUT2D eigenvalue weighted by Crippen LogP contribution is 2.24. The van der Waals surface area contributed by atoms with Gasteiger partial charge in [0.05, 0.1) is 11.8 Å². The predicted octanol–water partition coefficient (Wildman–Crippen LogP) is 1.71. The number of hydrogen-bond acceptors (Lipinski definition) is 5. The molecule has 0 bridgehead atoms. The molecule has 1 fully saturated rings. The molecule has 1 aliphatic heterocycles. The van der Waals surface area contributed by atoms with Crippen molar-refractivity contribution in [1.82, 2.24) is 25.2 Å². The van der Waals surface area contributed by atoms with Crippen LogP contribution in [0.2, 0.25) is 0 Å². The molecule has 3 heterocycles. The number of rotatable bonds is 4. The van der Waals surface area contributed by atoms with Gasteiger partial charge in [-0.15, -0.1) is 0 Å². The van der Waals surface area contributed by atoms with E-state index < -0.39 is 0 Å². The van der Waals surface area contributed by atoms with Crippen LogP contribution in [-0.4, -0.2) is 62.9 Å². The van der Waals surface area contributed by atoms with Crippen LogP contribution < -0.4 is 10.2 Å². The Morgan fingerprint density at radius 1 is 1.33 bits per heavy atom. The lowest BCUT2D eigenvalue weighted by Gasteiger charge is -2.44. The standard InChI is InChI=1S/C19H26N6O2/c1-6-16(26)25-10-12(4)24(9-13(25)5)15-8-21-18-17(23-15)14(7-20-18)19(27)22-11(2)3/h6-8,11-13H,1,9-10H2,2-5H3,(H,20,21)(H,22,27)/t12-,13+/m0/s1. The van der Waals surface area contributed by atoms with Crippen LogP contribution in [0.4, 0.5) is 5.82 Å². The minimum Gasteiger partial charge on any atom is -0.350 e. The van der Waals surface area contributed by atoms with E-state index in [1.165, 1.54) is 6.08 Å². The third-order valence-corrected chi connectivity index (χ3v) is 4.77. The average molecular weight is 370 g/mol. The third-order valence-electron chi connectivity index (χ3n) is 4.77. The minimum absolute atomic E-state index is 0.0270. The molecule has 0 radical (unpaired) electrons. The number of piperazine rings is 1. The van der Waals surface area contributed by atoms with Gasteiger partial charge in [-0.3, -0.25) is 9.59 Å². The highest BCUT2D eigenvalue weighted by atomic mass is 16.2. The van der Waals surface area contributed by atoms with E-state index in [0.717, 1.165) is 0 Å². The Morgan fingerprint density at radius 2 is 2.07 bits per heavy atom. The van der Waals surface area contributed by atoms with Gasteiger partial charge in [-0.05, 0) is 33.8 Å². The summed E-state index contributed by atoms with van der Waals surface area (Å²) in [7, 11) is 0. The molecule has 2 aromatic rings. The number of aromatic nitrogens is 3. The van der Waals surface area contributed by atoms with E-state index in [1.54, 1.807) is 12.4 Å². The molecule has 144 valence electrons. The smallest absolute Gasteiger partial charge is 0.255 e. The lowest BCUT2D eigenvalue weighted by molar-refractivity contribution is -0.128. The second kappa shape index (κ2) is 7.38. The van der Waals surface area contributed by atoms with E-state index in [2.05, 4.69) is 26.8 Å². The van der Waals surface area contributed by atoms with Crippen molar-refractivity contribution in [2.24, 2.45) is 0 Å². The zero-order valence-electron chi connectivity index (χ0n) is 16.2. The molecule has 1 saturated heterocycles. The van der Waals surface area contributed by atoms with Crippen molar-refractivity contribution in [2.45, 2.75) is 45.8 Å². The summed E-state index contributed by atoms with van der Waals surface area (Å²) in [5.74, 6) is 0.463. The molecule has 0 spiro atoms. The molecular formula is C19H26N6O2. The van der Waals surface area contributed by atoms with Gasteiger partial charge < -0.3 is 20.1 Å². The van der Waals surface area contributed by atoms with Gasteiger partial charge in [0, 0.05) is 37.4 Å². The minimum atomic E-state index is -0.175. The van der Waals surface area contributed by atoms with E-state index in [4.69, 9.17) is 4.98 Å². The lowest BCUT2D eigenvalue weighted by Crippen LogP contribution is -2.58. The van der Waals surface area contributed by atoms with Crippen molar-refractivity contribution in [3.63, 3.8) is 0 Å². The second-order valence-corrected chi connectivity index (χ2v) is 7.30. The lowest BCUT2D eigenvalue weighted by atomic mass is 10.1. The van der Waals surface area contributed by atoms with Gasteiger partial charge in [0.15, 0.2) is 5.65 Å². The molecular weight excluding hydrogens is 344 g/mol. The van der Waals surface area contributed by atoms with Crippen LogP contribution in [0.5, 0.6) is 0 Å². The fourth-order valence-corrected chi connectivity index (χ4v) is 3.40. The van der Waals surface area contributed by atoms with E-state index in [-0.39, 0.29) is 29.9 Å². The van der Waals surface area contributed by atoms with Crippen LogP contribution in [0, 0.1) is 0 Å². The highest BCUT2D eigenvalue weighted by Gasteiger charge is 2.32. The summed E-state index contributed by atoms with van der Waals surface area (Å²) in [6.07, 6.45) is 4.69. The van der Waals surface area contributed by atoms with Gasteiger partial charge in [-0.1, -0.05) is 6.58 Å². The maximum atomic E-state index is 12.4. The number of nitrogens with zero attached hydrogens (tertiary/aromatic N) is 4. The Kier molecular flexibility index (Phi) is 5.16. The number of amides is 2. The number of nitrogens with one attached hydrogen (secondary N) is 2. The molecule has 0 unspecified atom stereocenters. The summed E-state index contributed by atoms with van der Waals surface area (Å²) in [4.78, 5) is 40.5. The van der Waals surface area contributed by atoms with E-state index in [1.807, 2.05) is 32.6 Å². The van der Waals surface area contributed by atoms with Crippen molar-refractivity contribution >= 4 is 28.8 Å². The van der Waals surface area contributed by atoms with Crippen LogP contribution in [0.15, 0.2) is 25.0 Å². The largest absolute Gasteiger partial charge is 0.350 e. The van der Waals surface area contributed by atoms with Gasteiger partial charge >= 0.3 is 0 Å². The quantitative estimate of drug-likeness (QED) is 0.799. The first-order valence-electron chi connectivity index (χ1n) is 9.16. The maximum absolute atomic E-state index is 12.4. The molecule has 0 aliphatic carbocycles. The van der Waals surface area contributed by atoms with Crippen molar-refractivity contribution in [2.75, 3.05) is 18.0 Å². The summed E-state index contributed by atoms with van der Waals surface area (Å²) in [6.45, 7) is 12.7. The van der Waals surface area contributed by atoms with E-state index >= 15 is 0 Å². The topological polar surface area (TPSA) is 94.2 Å². The maximum Gasteiger partial charge on any atom is 0.255 e. The predicted molar refractivity (Wildman–Crippen MR) is 105 cm³/mol. The number of aromatic amines is 1. The summed E-state index contributed by atoms with van der Waals surface area (Å²) in [6, 6.07) is 0.137. The van der Waals surface area contributed by atoms with Crippen LogP contribution in [0.25, 0.3) is 11.2 Å². The molecule has 3 rings (SSSR count). The average Bonchev–Trinajstić information content (AvgIpc) is 3.05. The van der Waals surface area contributed by atoms with E-state index in [0.29, 0.717) is 35.6 Å². The van der Waals surface area contributed by atoms with Crippen LogP contribution in [-0.2, 0) is 4.79 Å². The first kappa shape index (κ1) is 18.9. The van der Waals surface area contributed by atoms with Crippen molar-refractivity contribution in [3.8, 4) is 0 Å². The zero-order chi connectivity index (χ0) is 19.7. The second-order valence-electron chi connectivity index (χ2n) is 7.30. The number of carbonyl (C=O) groups excluding carboxylic acids is 2. The van der Waals surface area contributed by atoms with Gasteiger partial charge in [0.2, 0.25) is 5.91 Å². The van der Waals surface area contributed by atoms with Gasteiger partial charge in [0.1, 0.15) is 11.3 Å². The molecule has 0 saturated carbocycles. The fraction of sp³-hybridized carbons (Fsp3) is 0.474. The number of H-pyrrole nitrogens is 1. The first-order chi connectivity index (χ1) is 12.8. The Bertz CT molecular complexity index is 874. The molecule has 2 N–H and O–H groups in total. The molecule has 1 aliphatic rings. The summed E-state index contributed by atoms with van der Waals surface area (Å²) < 4.78 is 0. The highest BCUT2D eigenvalue weighted by molar-refractivity contribution is 6.04. The van der Waals surface area contributed by atoms with Gasteiger partial charge in [0.25, 0.3) is 5.91 Å². The molecule has 0 aromatic carbocycles. The third kappa shape index (κ3) is 3.65.